The number of amides is 1. The first-order valence-corrected chi connectivity index (χ1v) is 8.40. The summed E-state index contributed by atoms with van der Waals surface area (Å²) in [6, 6.07) is 10.5. The largest absolute Gasteiger partial charge is 0.507 e. The second-order valence-corrected chi connectivity index (χ2v) is 6.70. The van der Waals surface area contributed by atoms with Crippen molar-refractivity contribution in [3.05, 3.63) is 53.1 Å². The number of benzene rings is 2. The average molecular weight is 341 g/mol. The molecule has 1 amide bonds. The van der Waals surface area contributed by atoms with E-state index in [4.69, 9.17) is 11.6 Å². The van der Waals surface area contributed by atoms with Gasteiger partial charge in [-0.05, 0) is 30.3 Å². The number of anilines is 2. The summed E-state index contributed by atoms with van der Waals surface area (Å²) < 4.78 is 24.6. The van der Waals surface area contributed by atoms with E-state index in [0.29, 0.717) is 5.69 Å². The summed E-state index contributed by atoms with van der Waals surface area (Å²) in [7, 11) is -3.44. The molecule has 22 heavy (non-hydrogen) atoms. The van der Waals surface area contributed by atoms with Gasteiger partial charge in [0.1, 0.15) is 5.75 Å². The van der Waals surface area contributed by atoms with Crippen molar-refractivity contribution < 1.29 is 18.3 Å². The Balaban J connectivity index is 2.19. The Labute approximate surface area is 132 Å². The fraction of sp³-hybridized carbons (Fsp3) is 0.0714. The minimum Gasteiger partial charge on any atom is -0.507 e. The molecule has 0 heterocycles. The topological polar surface area (TPSA) is 95.5 Å². The number of para-hydroxylation sites is 1. The molecule has 6 nitrogen and oxygen atoms in total. The van der Waals surface area contributed by atoms with Gasteiger partial charge in [0.2, 0.25) is 10.0 Å². The van der Waals surface area contributed by atoms with E-state index in [1.165, 1.54) is 30.3 Å². The summed E-state index contributed by atoms with van der Waals surface area (Å²) in [5.41, 5.74) is 0.707. The summed E-state index contributed by atoms with van der Waals surface area (Å²) >= 11 is 5.97. The maximum absolute atomic E-state index is 12.0. The Bertz CT molecular complexity index is 821. The zero-order valence-corrected chi connectivity index (χ0v) is 13.1. The highest BCUT2D eigenvalue weighted by Gasteiger charge is 2.12. The van der Waals surface area contributed by atoms with E-state index in [9.17, 15) is 18.3 Å². The third-order valence-corrected chi connectivity index (χ3v) is 3.57. The van der Waals surface area contributed by atoms with Crippen molar-refractivity contribution in [1.82, 2.24) is 0 Å². The van der Waals surface area contributed by atoms with Gasteiger partial charge in [-0.25, -0.2) is 8.42 Å². The molecule has 0 fully saturated rings. The van der Waals surface area contributed by atoms with Crippen molar-refractivity contribution in [2.24, 2.45) is 0 Å². The number of nitrogens with one attached hydrogen (secondary N) is 2. The number of hydrogen-bond acceptors (Lipinski definition) is 4. The monoisotopic (exact) mass is 340 g/mol. The van der Waals surface area contributed by atoms with Crippen LogP contribution in [-0.2, 0) is 10.0 Å². The van der Waals surface area contributed by atoms with Crippen molar-refractivity contribution in [2.75, 3.05) is 16.3 Å². The van der Waals surface area contributed by atoms with Crippen LogP contribution in [0.1, 0.15) is 10.4 Å². The Morgan fingerprint density at radius 1 is 1.18 bits per heavy atom. The molecule has 0 atom stereocenters. The van der Waals surface area contributed by atoms with Crippen LogP contribution in [0, 0.1) is 0 Å². The molecule has 0 spiro atoms. The van der Waals surface area contributed by atoms with Gasteiger partial charge >= 0.3 is 0 Å². The van der Waals surface area contributed by atoms with Crippen LogP contribution in [-0.4, -0.2) is 25.7 Å². The Hall–Kier alpha value is -2.25. The first-order valence-electron chi connectivity index (χ1n) is 6.13. The standard InChI is InChI=1S/C14H13ClN2O4S/c1-22(20,21)17-12-7-6-9(8-11(12)15)16-14(19)10-4-2-3-5-13(10)18/h2-8,17-18H,1H3,(H,16,19). The molecule has 2 aromatic rings. The molecule has 2 rings (SSSR count). The SMILES string of the molecule is CS(=O)(=O)Nc1ccc(NC(=O)c2ccccc2O)cc1Cl. The first kappa shape index (κ1) is 16.1. The lowest BCUT2D eigenvalue weighted by Crippen LogP contribution is -2.13. The lowest BCUT2D eigenvalue weighted by atomic mass is 10.2. The number of phenols is 1. The number of hydrogen-bond donors (Lipinski definition) is 3. The first-order chi connectivity index (χ1) is 10.3. The normalized spacial score (nSPS) is 11.0. The zero-order chi connectivity index (χ0) is 16.3. The summed E-state index contributed by atoms with van der Waals surface area (Å²) in [6.07, 6.45) is 1.01. The summed E-state index contributed by atoms with van der Waals surface area (Å²) in [5.74, 6) is -0.639. The second kappa shape index (κ2) is 6.25. The maximum atomic E-state index is 12.0. The van der Waals surface area contributed by atoms with Crippen molar-refractivity contribution in [3.8, 4) is 5.75 Å². The number of carbonyl (C=O) groups is 1. The molecular formula is C14H13ClN2O4S. The van der Waals surface area contributed by atoms with Crippen LogP contribution in [0.2, 0.25) is 5.02 Å². The Morgan fingerprint density at radius 3 is 2.45 bits per heavy atom. The molecule has 8 heteroatoms. The summed E-state index contributed by atoms with van der Waals surface area (Å²) in [6.45, 7) is 0. The van der Waals surface area contributed by atoms with Crippen LogP contribution in [0.25, 0.3) is 0 Å². The van der Waals surface area contributed by atoms with E-state index < -0.39 is 15.9 Å². The predicted molar refractivity (Wildman–Crippen MR) is 86.0 cm³/mol. The van der Waals surface area contributed by atoms with E-state index >= 15 is 0 Å². The molecule has 0 aliphatic carbocycles. The minimum atomic E-state index is -3.44. The highest BCUT2D eigenvalue weighted by molar-refractivity contribution is 7.92. The highest BCUT2D eigenvalue weighted by atomic mass is 35.5. The van der Waals surface area contributed by atoms with Crippen molar-refractivity contribution in [1.29, 1.82) is 0 Å². The third-order valence-electron chi connectivity index (χ3n) is 2.67. The zero-order valence-electron chi connectivity index (χ0n) is 11.5. The molecule has 0 bridgehead atoms. The molecule has 0 saturated heterocycles. The van der Waals surface area contributed by atoms with Crippen molar-refractivity contribution >= 4 is 38.9 Å². The van der Waals surface area contributed by atoms with E-state index in [1.807, 2.05) is 0 Å². The van der Waals surface area contributed by atoms with Gasteiger partial charge in [-0.3, -0.25) is 9.52 Å². The van der Waals surface area contributed by atoms with Gasteiger partial charge in [-0.1, -0.05) is 23.7 Å². The number of halogens is 1. The van der Waals surface area contributed by atoms with Gasteiger partial charge in [0, 0.05) is 5.69 Å². The summed E-state index contributed by atoms with van der Waals surface area (Å²) in [5, 5.41) is 12.3. The molecule has 0 aromatic heterocycles. The Morgan fingerprint density at radius 2 is 1.86 bits per heavy atom. The molecule has 2 aromatic carbocycles. The molecule has 0 aliphatic heterocycles. The molecule has 0 aliphatic rings. The minimum absolute atomic E-state index is 0.122. The third kappa shape index (κ3) is 4.12. The van der Waals surface area contributed by atoms with E-state index in [-0.39, 0.29) is 22.0 Å². The van der Waals surface area contributed by atoms with Gasteiger partial charge in [0.25, 0.3) is 5.91 Å². The number of rotatable bonds is 4. The van der Waals surface area contributed by atoms with Crippen LogP contribution >= 0.6 is 11.6 Å². The molecule has 0 saturated carbocycles. The molecule has 0 unspecified atom stereocenters. The van der Waals surface area contributed by atoms with Crippen LogP contribution < -0.4 is 10.0 Å². The van der Waals surface area contributed by atoms with Crippen molar-refractivity contribution in [2.45, 2.75) is 0 Å². The number of sulfonamides is 1. The fourth-order valence-electron chi connectivity index (χ4n) is 1.74. The maximum Gasteiger partial charge on any atom is 0.259 e. The van der Waals surface area contributed by atoms with E-state index in [2.05, 4.69) is 10.0 Å². The van der Waals surface area contributed by atoms with Gasteiger partial charge in [0.05, 0.1) is 22.5 Å². The predicted octanol–water partition coefficient (Wildman–Crippen LogP) is 2.67. The molecular weight excluding hydrogens is 328 g/mol. The Kier molecular flexibility index (Phi) is 4.58. The molecule has 116 valence electrons. The van der Waals surface area contributed by atoms with Gasteiger partial charge in [-0.15, -0.1) is 0 Å². The van der Waals surface area contributed by atoms with Crippen LogP contribution in [0.4, 0.5) is 11.4 Å². The van der Waals surface area contributed by atoms with Crippen LogP contribution in [0.3, 0.4) is 0 Å². The molecule has 0 radical (unpaired) electrons. The lowest BCUT2D eigenvalue weighted by molar-refractivity contribution is 0.102. The van der Waals surface area contributed by atoms with E-state index in [1.54, 1.807) is 12.1 Å². The van der Waals surface area contributed by atoms with Gasteiger partial charge in [0.15, 0.2) is 0 Å². The highest BCUT2D eigenvalue weighted by Crippen LogP contribution is 2.27. The summed E-state index contributed by atoms with van der Waals surface area (Å²) in [4.78, 5) is 12.0. The number of carbonyl (C=O) groups excluding carboxylic acids is 1. The van der Waals surface area contributed by atoms with E-state index in [0.717, 1.165) is 6.26 Å². The van der Waals surface area contributed by atoms with Crippen LogP contribution in [0.15, 0.2) is 42.5 Å². The molecule has 3 N–H and O–H groups in total. The van der Waals surface area contributed by atoms with Crippen molar-refractivity contribution in [3.63, 3.8) is 0 Å². The van der Waals surface area contributed by atoms with Crippen LogP contribution in [0.5, 0.6) is 5.75 Å². The smallest absolute Gasteiger partial charge is 0.259 e. The quantitative estimate of drug-likeness (QED) is 0.797. The van der Waals surface area contributed by atoms with Gasteiger partial charge in [-0.2, -0.15) is 0 Å². The van der Waals surface area contributed by atoms with Gasteiger partial charge < -0.3 is 10.4 Å². The number of aromatic hydroxyl groups is 1. The second-order valence-electron chi connectivity index (χ2n) is 4.54. The fourth-order valence-corrected chi connectivity index (χ4v) is 2.60. The number of phenolic OH excluding ortho intramolecular Hbond substituents is 1. The average Bonchev–Trinajstić information content (AvgIpc) is 2.41. The lowest BCUT2D eigenvalue weighted by Gasteiger charge is -2.10.